The molecule has 4 aromatic rings. The zero-order valence-electron chi connectivity index (χ0n) is 18.8. The Balaban J connectivity index is 1.62. The van der Waals surface area contributed by atoms with Crippen LogP contribution < -0.4 is 9.80 Å². The number of hydrogen-bond donors (Lipinski definition) is 1. The van der Waals surface area contributed by atoms with Crippen LogP contribution >= 0.6 is 0 Å². The fourth-order valence-corrected chi connectivity index (χ4v) is 4.47. The van der Waals surface area contributed by atoms with E-state index in [4.69, 9.17) is 4.42 Å². The Labute approximate surface area is 188 Å². The molecule has 2 heterocycles. The smallest absolute Gasteiger partial charge is 0.181 e. The van der Waals surface area contributed by atoms with Crippen LogP contribution in [0.3, 0.4) is 0 Å². The molecule has 0 spiro atoms. The third kappa shape index (κ3) is 3.28. The molecule has 6 nitrogen and oxygen atoms in total. The van der Waals surface area contributed by atoms with Crippen LogP contribution in [0.15, 0.2) is 71.7 Å². The number of benzene rings is 2. The van der Waals surface area contributed by atoms with Crippen molar-refractivity contribution in [3.63, 3.8) is 0 Å². The van der Waals surface area contributed by atoms with Crippen LogP contribution in [0, 0.1) is 0 Å². The fraction of sp³-hybridized carbons (Fsp3) is 0.231. The lowest BCUT2D eigenvalue weighted by molar-refractivity contribution is 0.558. The van der Waals surface area contributed by atoms with Crippen molar-refractivity contribution >= 4 is 17.5 Å². The summed E-state index contributed by atoms with van der Waals surface area (Å²) in [4.78, 5) is 8.52. The predicted molar refractivity (Wildman–Crippen MR) is 129 cm³/mol. The van der Waals surface area contributed by atoms with Gasteiger partial charge in [0, 0.05) is 62.7 Å². The molecule has 0 aliphatic heterocycles. The molecule has 162 valence electrons. The van der Waals surface area contributed by atoms with Gasteiger partial charge in [0.2, 0.25) is 0 Å². The van der Waals surface area contributed by atoms with E-state index in [1.54, 1.807) is 6.26 Å². The maximum atomic E-state index is 5.17. The molecule has 2 aromatic heterocycles. The van der Waals surface area contributed by atoms with Gasteiger partial charge in [-0.1, -0.05) is 36.4 Å². The minimum atomic E-state index is -0.295. The molecule has 0 unspecified atom stereocenters. The van der Waals surface area contributed by atoms with Crippen molar-refractivity contribution in [1.29, 1.82) is 0 Å². The molecular formula is C26H27N5O. The number of hydrogen-bond acceptors (Lipinski definition) is 5. The third-order valence-corrected chi connectivity index (χ3v) is 6.35. The van der Waals surface area contributed by atoms with Crippen LogP contribution in [0.5, 0.6) is 0 Å². The number of nitrogens with one attached hydrogen (secondary N) is 1. The molecule has 0 saturated carbocycles. The highest BCUT2D eigenvalue weighted by atomic mass is 16.3. The summed E-state index contributed by atoms with van der Waals surface area (Å²) in [6.45, 7) is 0. The number of oxazole rings is 1. The van der Waals surface area contributed by atoms with Gasteiger partial charge in [-0.15, -0.1) is 0 Å². The quantitative estimate of drug-likeness (QED) is 0.500. The lowest BCUT2D eigenvalue weighted by Gasteiger charge is -2.35. The molecule has 32 heavy (non-hydrogen) atoms. The summed E-state index contributed by atoms with van der Waals surface area (Å²) in [7, 11) is 8.25. The van der Waals surface area contributed by atoms with Gasteiger partial charge in [-0.2, -0.15) is 5.10 Å². The van der Waals surface area contributed by atoms with Crippen molar-refractivity contribution in [3.05, 3.63) is 89.6 Å². The topological polar surface area (TPSA) is 61.2 Å². The van der Waals surface area contributed by atoms with Crippen molar-refractivity contribution in [2.24, 2.45) is 0 Å². The van der Waals surface area contributed by atoms with E-state index in [0.29, 0.717) is 0 Å². The first-order valence-corrected chi connectivity index (χ1v) is 10.7. The van der Waals surface area contributed by atoms with Crippen molar-refractivity contribution in [1.82, 2.24) is 15.2 Å². The number of rotatable bonds is 5. The number of aromatic amines is 1. The van der Waals surface area contributed by atoms with Crippen LogP contribution in [-0.2, 0) is 11.8 Å². The maximum Gasteiger partial charge on any atom is 0.181 e. The summed E-state index contributed by atoms with van der Waals surface area (Å²) < 4.78 is 5.17. The Kier molecular flexibility index (Phi) is 4.85. The molecule has 2 aromatic carbocycles. The third-order valence-electron chi connectivity index (χ3n) is 6.35. The van der Waals surface area contributed by atoms with Gasteiger partial charge in [0.25, 0.3) is 0 Å². The van der Waals surface area contributed by atoms with Crippen LogP contribution in [0.2, 0.25) is 0 Å². The molecule has 0 amide bonds. The number of nitrogens with zero attached hydrogens (tertiary/aromatic N) is 4. The molecule has 6 heteroatoms. The first-order valence-electron chi connectivity index (χ1n) is 10.7. The first kappa shape index (κ1) is 20.1. The van der Waals surface area contributed by atoms with Crippen molar-refractivity contribution < 1.29 is 4.42 Å². The molecule has 1 aliphatic carbocycles. The predicted octanol–water partition coefficient (Wildman–Crippen LogP) is 4.75. The summed E-state index contributed by atoms with van der Waals surface area (Å²) >= 11 is 0. The van der Waals surface area contributed by atoms with Crippen LogP contribution in [0.4, 0.5) is 11.4 Å². The van der Waals surface area contributed by atoms with Crippen molar-refractivity contribution in [2.45, 2.75) is 11.8 Å². The Hall–Kier alpha value is -3.80. The average Bonchev–Trinajstić information content (AvgIpc) is 3.48. The molecule has 1 N–H and O–H groups in total. The molecular weight excluding hydrogens is 398 g/mol. The van der Waals surface area contributed by atoms with Crippen LogP contribution in [-0.4, -0.2) is 43.4 Å². The van der Waals surface area contributed by atoms with E-state index in [1.165, 1.54) is 28.9 Å². The second kappa shape index (κ2) is 7.71. The Morgan fingerprint density at radius 2 is 1.47 bits per heavy atom. The van der Waals surface area contributed by atoms with Gasteiger partial charge >= 0.3 is 0 Å². The molecule has 0 saturated heterocycles. The summed E-state index contributed by atoms with van der Waals surface area (Å²) in [5, 5.41) is 7.82. The summed E-state index contributed by atoms with van der Waals surface area (Å²) in [5.74, 6) is 0. The Morgan fingerprint density at radius 3 is 1.97 bits per heavy atom. The zero-order chi connectivity index (χ0) is 22.3. The van der Waals surface area contributed by atoms with Gasteiger partial charge in [-0.25, -0.2) is 4.98 Å². The van der Waals surface area contributed by atoms with Crippen LogP contribution in [0.25, 0.3) is 17.5 Å². The van der Waals surface area contributed by atoms with Gasteiger partial charge in [-0.05, 0) is 35.4 Å². The molecule has 0 radical (unpaired) electrons. The number of allylic oxidation sites excluding steroid dienone is 1. The second-order valence-corrected chi connectivity index (χ2v) is 8.70. The largest absolute Gasteiger partial charge is 0.451 e. The van der Waals surface area contributed by atoms with Crippen molar-refractivity contribution in [3.8, 4) is 11.4 Å². The Bertz CT molecular complexity index is 1180. The second-order valence-electron chi connectivity index (χ2n) is 8.70. The minimum absolute atomic E-state index is 0.295. The lowest BCUT2D eigenvalue weighted by atomic mass is 9.68. The van der Waals surface area contributed by atoms with Crippen molar-refractivity contribution in [2.75, 3.05) is 38.0 Å². The normalized spacial score (nSPS) is 14.2. The average molecular weight is 426 g/mol. The number of aromatic nitrogens is 3. The minimum Gasteiger partial charge on any atom is -0.451 e. The van der Waals surface area contributed by atoms with E-state index >= 15 is 0 Å². The van der Waals surface area contributed by atoms with Crippen LogP contribution in [0.1, 0.15) is 22.4 Å². The lowest BCUT2D eigenvalue weighted by Crippen LogP contribution is -2.30. The molecule has 0 bridgehead atoms. The number of H-pyrrole nitrogens is 1. The SMILES string of the molecule is CN(C)c1ccc(C2(c3ccc(N(C)C)cc3)C=Cc3c(-c4cocn4)n[nH]c3C2)cc1. The standard InChI is InChI=1S/C26H27N5O/c1-30(2)20-9-5-18(6-10-20)26(19-7-11-21(12-8-19)31(3)4)14-13-22-23(15-26)28-29-25(22)24-16-32-17-27-24/h5-14,16-17H,15H2,1-4H3,(H,28,29). The monoisotopic (exact) mass is 425 g/mol. The van der Waals surface area contributed by atoms with E-state index in [-0.39, 0.29) is 5.41 Å². The van der Waals surface area contributed by atoms with Gasteiger partial charge in [-0.3, -0.25) is 5.10 Å². The maximum absolute atomic E-state index is 5.17. The highest BCUT2D eigenvalue weighted by Crippen LogP contribution is 2.43. The van der Waals surface area contributed by atoms with Gasteiger partial charge in [0.15, 0.2) is 6.39 Å². The van der Waals surface area contributed by atoms with Gasteiger partial charge in [0.1, 0.15) is 17.7 Å². The van der Waals surface area contributed by atoms with E-state index in [1.807, 2.05) is 0 Å². The highest BCUT2D eigenvalue weighted by Gasteiger charge is 2.37. The van der Waals surface area contributed by atoms with E-state index in [9.17, 15) is 0 Å². The summed E-state index contributed by atoms with van der Waals surface area (Å²) in [5.41, 5.74) is 8.30. The zero-order valence-corrected chi connectivity index (χ0v) is 18.8. The first-order chi connectivity index (χ1) is 15.5. The molecule has 0 atom stereocenters. The molecule has 0 fully saturated rings. The summed E-state index contributed by atoms with van der Waals surface area (Å²) in [6.07, 6.45) is 8.33. The molecule has 5 rings (SSSR count). The number of fused-ring (bicyclic) bond motifs is 1. The Morgan fingerprint density at radius 1 is 0.875 bits per heavy atom. The highest BCUT2D eigenvalue weighted by molar-refractivity contribution is 5.74. The summed E-state index contributed by atoms with van der Waals surface area (Å²) in [6, 6.07) is 17.7. The van der Waals surface area contributed by atoms with E-state index in [2.05, 4.69) is 114 Å². The molecule has 1 aliphatic rings. The fourth-order valence-electron chi connectivity index (χ4n) is 4.47. The van der Waals surface area contributed by atoms with E-state index in [0.717, 1.165) is 29.1 Å². The number of anilines is 2. The van der Waals surface area contributed by atoms with E-state index < -0.39 is 0 Å². The van der Waals surface area contributed by atoms with Gasteiger partial charge in [0.05, 0.1) is 0 Å². The van der Waals surface area contributed by atoms with Gasteiger partial charge < -0.3 is 14.2 Å².